The largest absolute Gasteiger partial charge is 0.357 e. The quantitative estimate of drug-likeness (QED) is 0.889. The lowest BCUT2D eigenvalue weighted by molar-refractivity contribution is -0.120. The summed E-state index contributed by atoms with van der Waals surface area (Å²) < 4.78 is 0. The van der Waals surface area contributed by atoms with Crippen LogP contribution in [0.15, 0.2) is 23.0 Å². The Bertz CT molecular complexity index is 810. The number of aromatic amines is 1. The van der Waals surface area contributed by atoms with Crippen molar-refractivity contribution in [1.82, 2.24) is 15.2 Å². The molecule has 1 aromatic carbocycles. The Hall–Kier alpha value is -2.14. The number of benzene rings is 1. The highest BCUT2D eigenvalue weighted by molar-refractivity contribution is 5.84. The smallest absolute Gasteiger partial charge is 0.221 e. The SMILES string of the molecule is Cc1ccc(C)c2c(=O)cc(CN3CCC(=O)NCC3C)[nH]c12. The topological polar surface area (TPSA) is 65.2 Å². The van der Waals surface area contributed by atoms with E-state index in [0.29, 0.717) is 26.1 Å². The van der Waals surface area contributed by atoms with Crippen molar-refractivity contribution in [1.29, 1.82) is 0 Å². The van der Waals surface area contributed by atoms with Gasteiger partial charge in [-0.05, 0) is 31.9 Å². The first kappa shape index (κ1) is 15.7. The fraction of sp³-hybridized carbons (Fsp3) is 0.444. The molecule has 5 heteroatoms. The van der Waals surface area contributed by atoms with Crippen LogP contribution in [0.25, 0.3) is 10.9 Å². The van der Waals surface area contributed by atoms with Crippen molar-refractivity contribution in [3.63, 3.8) is 0 Å². The predicted molar refractivity (Wildman–Crippen MR) is 91.5 cm³/mol. The van der Waals surface area contributed by atoms with E-state index in [1.165, 1.54) is 0 Å². The Kier molecular flexibility index (Phi) is 4.22. The van der Waals surface area contributed by atoms with Crippen LogP contribution in [0.1, 0.15) is 30.2 Å². The van der Waals surface area contributed by atoms with Gasteiger partial charge in [0.15, 0.2) is 5.43 Å². The van der Waals surface area contributed by atoms with Crippen LogP contribution in [0.3, 0.4) is 0 Å². The maximum absolute atomic E-state index is 12.5. The third-order valence-electron chi connectivity index (χ3n) is 4.68. The van der Waals surface area contributed by atoms with E-state index in [-0.39, 0.29) is 17.4 Å². The summed E-state index contributed by atoms with van der Waals surface area (Å²) in [6, 6.07) is 5.97. The lowest BCUT2D eigenvalue weighted by Crippen LogP contribution is -2.37. The van der Waals surface area contributed by atoms with Crippen LogP contribution in [-0.4, -0.2) is 34.9 Å². The Labute approximate surface area is 135 Å². The van der Waals surface area contributed by atoms with Crippen LogP contribution in [-0.2, 0) is 11.3 Å². The third-order valence-corrected chi connectivity index (χ3v) is 4.68. The minimum Gasteiger partial charge on any atom is -0.357 e. The standard InChI is InChI=1S/C18H23N3O2/c1-11-4-5-12(2)18-17(11)15(22)8-14(20-18)10-21-7-6-16(23)19-9-13(21)3/h4-5,8,13H,6-7,9-10H2,1-3H3,(H,19,23)(H,20,22). The van der Waals surface area contributed by atoms with Gasteiger partial charge in [0.2, 0.25) is 5.91 Å². The van der Waals surface area contributed by atoms with E-state index in [1.54, 1.807) is 6.07 Å². The number of hydrogen-bond acceptors (Lipinski definition) is 3. The monoisotopic (exact) mass is 313 g/mol. The maximum Gasteiger partial charge on any atom is 0.221 e. The van der Waals surface area contributed by atoms with E-state index in [0.717, 1.165) is 27.7 Å². The van der Waals surface area contributed by atoms with Crippen LogP contribution < -0.4 is 10.7 Å². The van der Waals surface area contributed by atoms with Crippen molar-refractivity contribution in [2.75, 3.05) is 13.1 Å². The molecule has 3 rings (SSSR count). The lowest BCUT2D eigenvalue weighted by Gasteiger charge is -2.26. The Morgan fingerprint density at radius 2 is 1.96 bits per heavy atom. The molecule has 0 bridgehead atoms. The molecule has 1 aliphatic heterocycles. The van der Waals surface area contributed by atoms with Crippen LogP contribution in [0.5, 0.6) is 0 Å². The summed E-state index contributed by atoms with van der Waals surface area (Å²) >= 11 is 0. The second-order valence-corrected chi connectivity index (χ2v) is 6.48. The molecule has 2 heterocycles. The molecule has 1 fully saturated rings. The Morgan fingerprint density at radius 1 is 1.22 bits per heavy atom. The van der Waals surface area contributed by atoms with Crippen LogP contribution >= 0.6 is 0 Å². The summed E-state index contributed by atoms with van der Waals surface area (Å²) in [4.78, 5) is 29.7. The molecule has 122 valence electrons. The second kappa shape index (κ2) is 6.16. The normalized spacial score (nSPS) is 19.6. The Balaban J connectivity index is 1.96. The molecule has 23 heavy (non-hydrogen) atoms. The molecule has 0 spiro atoms. The number of H-pyrrole nitrogens is 1. The number of nitrogens with one attached hydrogen (secondary N) is 2. The number of nitrogens with zero attached hydrogens (tertiary/aromatic N) is 1. The molecule has 1 unspecified atom stereocenters. The maximum atomic E-state index is 12.5. The highest BCUT2D eigenvalue weighted by Gasteiger charge is 2.20. The summed E-state index contributed by atoms with van der Waals surface area (Å²) in [6.45, 7) is 8.08. The fourth-order valence-electron chi connectivity index (χ4n) is 3.20. The summed E-state index contributed by atoms with van der Waals surface area (Å²) in [7, 11) is 0. The first-order valence-corrected chi connectivity index (χ1v) is 8.08. The highest BCUT2D eigenvalue weighted by atomic mass is 16.1. The van der Waals surface area contributed by atoms with Crippen molar-refractivity contribution < 1.29 is 4.79 Å². The van der Waals surface area contributed by atoms with Gasteiger partial charge in [0, 0.05) is 49.2 Å². The minimum absolute atomic E-state index is 0.0617. The molecule has 1 aromatic heterocycles. The molecule has 1 aliphatic rings. The van der Waals surface area contributed by atoms with Gasteiger partial charge in [-0.1, -0.05) is 12.1 Å². The van der Waals surface area contributed by atoms with Crippen molar-refractivity contribution >= 4 is 16.8 Å². The number of fused-ring (bicyclic) bond motifs is 1. The first-order chi connectivity index (χ1) is 11.0. The van der Waals surface area contributed by atoms with Gasteiger partial charge >= 0.3 is 0 Å². The van der Waals surface area contributed by atoms with E-state index in [9.17, 15) is 9.59 Å². The number of rotatable bonds is 2. The zero-order chi connectivity index (χ0) is 16.6. The second-order valence-electron chi connectivity index (χ2n) is 6.48. The third kappa shape index (κ3) is 3.15. The van der Waals surface area contributed by atoms with Gasteiger partial charge in [-0.25, -0.2) is 0 Å². The summed E-state index contributed by atoms with van der Waals surface area (Å²) in [5.74, 6) is 0.0952. The zero-order valence-electron chi connectivity index (χ0n) is 13.9. The number of aryl methyl sites for hydroxylation is 2. The number of amides is 1. The van der Waals surface area contributed by atoms with E-state index in [4.69, 9.17) is 0 Å². The molecule has 1 saturated heterocycles. The number of hydrogen-bond donors (Lipinski definition) is 2. The molecule has 1 amide bonds. The number of carbonyl (C=O) groups is 1. The van der Waals surface area contributed by atoms with Crippen LogP contribution in [0, 0.1) is 13.8 Å². The molecular weight excluding hydrogens is 290 g/mol. The van der Waals surface area contributed by atoms with Gasteiger partial charge in [-0.15, -0.1) is 0 Å². The molecule has 0 saturated carbocycles. The molecule has 1 atom stereocenters. The lowest BCUT2D eigenvalue weighted by atomic mass is 10.0. The highest BCUT2D eigenvalue weighted by Crippen LogP contribution is 2.18. The van der Waals surface area contributed by atoms with Crippen LogP contribution in [0.2, 0.25) is 0 Å². The molecule has 0 aliphatic carbocycles. The zero-order valence-corrected chi connectivity index (χ0v) is 13.9. The van der Waals surface area contributed by atoms with Crippen molar-refractivity contribution in [3.8, 4) is 0 Å². The van der Waals surface area contributed by atoms with Gasteiger partial charge in [0.1, 0.15) is 0 Å². The molecule has 2 N–H and O–H groups in total. The van der Waals surface area contributed by atoms with Gasteiger partial charge in [-0.3, -0.25) is 14.5 Å². The van der Waals surface area contributed by atoms with E-state index in [1.807, 2.05) is 26.0 Å². The first-order valence-electron chi connectivity index (χ1n) is 8.08. The van der Waals surface area contributed by atoms with Crippen molar-refractivity contribution in [3.05, 3.63) is 45.2 Å². The van der Waals surface area contributed by atoms with Gasteiger partial charge < -0.3 is 10.3 Å². The van der Waals surface area contributed by atoms with Gasteiger partial charge in [0.25, 0.3) is 0 Å². The number of aromatic nitrogens is 1. The van der Waals surface area contributed by atoms with Crippen molar-refractivity contribution in [2.24, 2.45) is 0 Å². The van der Waals surface area contributed by atoms with E-state index < -0.39 is 0 Å². The fourth-order valence-corrected chi connectivity index (χ4v) is 3.20. The summed E-state index contributed by atoms with van der Waals surface area (Å²) in [5, 5.41) is 3.69. The number of pyridine rings is 1. The average molecular weight is 313 g/mol. The van der Waals surface area contributed by atoms with Crippen LogP contribution in [0.4, 0.5) is 0 Å². The van der Waals surface area contributed by atoms with E-state index in [2.05, 4.69) is 22.1 Å². The van der Waals surface area contributed by atoms with Gasteiger partial charge in [-0.2, -0.15) is 0 Å². The predicted octanol–water partition coefficient (Wildman–Crippen LogP) is 1.86. The van der Waals surface area contributed by atoms with Crippen molar-refractivity contribution in [2.45, 2.75) is 39.8 Å². The van der Waals surface area contributed by atoms with E-state index >= 15 is 0 Å². The molecule has 5 nitrogen and oxygen atoms in total. The average Bonchev–Trinajstić information content (AvgIpc) is 2.66. The van der Waals surface area contributed by atoms with Gasteiger partial charge in [0.05, 0.1) is 5.52 Å². The summed E-state index contributed by atoms with van der Waals surface area (Å²) in [6.07, 6.45) is 0.500. The molecular formula is C18H23N3O2. The molecule has 2 aromatic rings. The molecule has 0 radical (unpaired) electrons. The Morgan fingerprint density at radius 3 is 2.74 bits per heavy atom. The number of carbonyl (C=O) groups excluding carboxylic acids is 1. The summed E-state index contributed by atoms with van der Waals surface area (Å²) in [5.41, 5.74) is 3.95. The minimum atomic E-state index is 0.0617.